The van der Waals surface area contributed by atoms with Crippen LogP contribution in [0.4, 0.5) is 5.69 Å². The molecule has 0 radical (unpaired) electrons. The molecule has 0 spiro atoms. The van der Waals surface area contributed by atoms with Crippen LogP contribution in [0.3, 0.4) is 0 Å². The molecule has 0 aliphatic carbocycles. The smallest absolute Gasteiger partial charge is 0.394 e. The first-order valence-corrected chi connectivity index (χ1v) is 14.9. The Morgan fingerprint density at radius 1 is 0.759 bits per heavy atom. The van der Waals surface area contributed by atoms with E-state index in [0.29, 0.717) is 33.0 Å². The molecule has 0 aliphatic rings. The minimum Gasteiger partial charge on any atom is -0.394 e. The van der Waals surface area contributed by atoms with Crippen molar-refractivity contribution in [1.29, 1.82) is 0 Å². The zero-order valence-corrected chi connectivity index (χ0v) is 21.2. The molecule has 1 aromatic carbocycles. The van der Waals surface area contributed by atoms with Gasteiger partial charge in [0.25, 0.3) is 0 Å². The number of anilines is 1. The molecule has 0 amide bonds. The molecule has 0 aromatic heterocycles. The van der Waals surface area contributed by atoms with E-state index in [9.17, 15) is 0 Å². The van der Waals surface area contributed by atoms with Gasteiger partial charge in [0.2, 0.25) is 0 Å². The third-order valence-electron chi connectivity index (χ3n) is 4.81. The van der Waals surface area contributed by atoms with Crippen LogP contribution in [0.2, 0.25) is 11.2 Å². The number of nitrogens with one attached hydrogen (secondary N) is 1. The number of rotatable bonds is 17. The fourth-order valence-corrected chi connectivity index (χ4v) is 12.6. The summed E-state index contributed by atoms with van der Waals surface area (Å²) in [6.07, 6.45) is 0.945. The molecule has 1 unspecified atom stereocenters. The highest BCUT2D eigenvalue weighted by atomic mass is 28.4. The second-order valence-corrected chi connectivity index (χ2v) is 13.8. The van der Waals surface area contributed by atoms with Gasteiger partial charge in [0.05, 0.1) is 5.16 Å². The molecular formula is C21H41NO5Si2. The Bertz CT molecular complexity index is 512. The van der Waals surface area contributed by atoms with E-state index in [0.717, 1.165) is 24.7 Å². The molecule has 8 heteroatoms. The van der Waals surface area contributed by atoms with Gasteiger partial charge in [-0.3, -0.25) is 0 Å². The second-order valence-electron chi connectivity index (χ2n) is 6.70. The van der Waals surface area contributed by atoms with Crippen molar-refractivity contribution in [3.8, 4) is 0 Å². The van der Waals surface area contributed by atoms with Crippen molar-refractivity contribution in [2.75, 3.05) is 44.9 Å². The number of para-hydroxylation sites is 1. The third kappa shape index (κ3) is 7.78. The van der Waals surface area contributed by atoms with Gasteiger partial charge in [-0.1, -0.05) is 25.1 Å². The molecule has 1 aromatic rings. The summed E-state index contributed by atoms with van der Waals surface area (Å²) in [7, 11) is -5.58. The Hall–Kier alpha value is -0.746. The summed E-state index contributed by atoms with van der Waals surface area (Å²) in [5, 5.41) is 3.46. The Labute approximate surface area is 179 Å². The summed E-state index contributed by atoms with van der Waals surface area (Å²) in [6.45, 7) is 15.9. The molecule has 1 rings (SSSR count). The second kappa shape index (κ2) is 14.3. The van der Waals surface area contributed by atoms with E-state index in [1.807, 2.05) is 52.8 Å². The van der Waals surface area contributed by atoms with Gasteiger partial charge in [-0.05, 0) is 59.2 Å². The lowest BCUT2D eigenvalue weighted by molar-refractivity contribution is 0.0608. The number of hydrogen-bond acceptors (Lipinski definition) is 6. The summed E-state index contributed by atoms with van der Waals surface area (Å²) in [4.78, 5) is 0. The predicted octanol–water partition coefficient (Wildman–Crippen LogP) is 4.98. The van der Waals surface area contributed by atoms with Gasteiger partial charge in [-0.15, -0.1) is 0 Å². The van der Waals surface area contributed by atoms with Crippen molar-refractivity contribution >= 4 is 23.1 Å². The largest absolute Gasteiger partial charge is 0.505 e. The predicted molar refractivity (Wildman–Crippen MR) is 123 cm³/mol. The van der Waals surface area contributed by atoms with Gasteiger partial charge in [0, 0.05) is 45.3 Å². The third-order valence-corrected chi connectivity index (χ3v) is 14.2. The van der Waals surface area contributed by atoms with Crippen LogP contribution in [-0.2, 0) is 22.1 Å². The Morgan fingerprint density at radius 2 is 1.24 bits per heavy atom. The number of hydrogen-bond donors (Lipinski definition) is 1. The highest BCUT2D eigenvalue weighted by Gasteiger charge is 2.60. The van der Waals surface area contributed by atoms with Crippen LogP contribution in [0, 0.1) is 0 Å². The van der Waals surface area contributed by atoms with Crippen molar-refractivity contribution in [3.05, 3.63) is 30.3 Å². The number of benzene rings is 1. The van der Waals surface area contributed by atoms with Gasteiger partial charge in [-0.25, -0.2) is 0 Å². The van der Waals surface area contributed by atoms with Gasteiger partial charge in [0.15, 0.2) is 0 Å². The van der Waals surface area contributed by atoms with Gasteiger partial charge in [-0.2, -0.15) is 0 Å². The van der Waals surface area contributed by atoms with Crippen molar-refractivity contribution < 1.29 is 22.1 Å². The van der Waals surface area contributed by atoms with E-state index in [-0.39, 0.29) is 5.16 Å². The molecule has 1 atom stereocenters. The average Bonchev–Trinajstić information content (AvgIpc) is 2.72. The summed E-state index contributed by atoms with van der Waals surface area (Å²) in [6, 6.07) is 11.1. The monoisotopic (exact) mass is 443 g/mol. The lowest BCUT2D eigenvalue weighted by Gasteiger charge is -2.42. The fraction of sp³-hybridized carbons (Fsp3) is 0.714. The maximum absolute atomic E-state index is 6.41. The van der Waals surface area contributed by atoms with E-state index < -0.39 is 17.4 Å². The first-order chi connectivity index (χ1) is 14.0. The average molecular weight is 444 g/mol. The minimum atomic E-state index is -2.94. The Balaban J connectivity index is 3.01. The topological polar surface area (TPSA) is 58.2 Å². The molecule has 6 nitrogen and oxygen atoms in total. The standard InChI is InChI=1S/C21H41NO5Si2/c1-7-23-28(24-8-2,19-15-18-22-21-16-13-12-14-17-21)20(6)29(25-9-3,26-10-4)27-11-5/h12-14,16-17,20,22H,7-11,15,18-19H2,1-6H3. The lowest BCUT2D eigenvalue weighted by atomic mass is 10.3. The maximum Gasteiger partial charge on any atom is 0.505 e. The van der Waals surface area contributed by atoms with E-state index in [1.165, 1.54) is 0 Å². The molecule has 168 valence electrons. The van der Waals surface area contributed by atoms with Crippen molar-refractivity contribution in [2.24, 2.45) is 0 Å². The zero-order valence-electron chi connectivity index (χ0n) is 19.2. The van der Waals surface area contributed by atoms with E-state index in [4.69, 9.17) is 22.1 Å². The van der Waals surface area contributed by atoms with Crippen LogP contribution in [0.5, 0.6) is 0 Å². The summed E-state index contributed by atoms with van der Waals surface area (Å²) in [5.74, 6) is 0. The molecule has 0 saturated heterocycles. The van der Waals surface area contributed by atoms with E-state index in [1.54, 1.807) is 0 Å². The van der Waals surface area contributed by atoms with Gasteiger partial charge in [0.1, 0.15) is 0 Å². The zero-order chi connectivity index (χ0) is 21.6. The van der Waals surface area contributed by atoms with Gasteiger partial charge < -0.3 is 27.4 Å². The molecule has 0 bridgehead atoms. The SMILES string of the molecule is CCO[Si](CCCNc1ccccc1)(OCC)C(C)[Si](OCC)(OCC)OCC. The molecule has 0 fully saturated rings. The highest BCUT2D eigenvalue weighted by molar-refractivity contribution is 6.85. The summed E-state index contributed by atoms with van der Waals surface area (Å²) < 4.78 is 31.4. The van der Waals surface area contributed by atoms with Crippen LogP contribution in [0.1, 0.15) is 48.0 Å². The molecule has 0 aliphatic heterocycles. The Morgan fingerprint density at radius 3 is 1.69 bits per heavy atom. The Kier molecular flexibility index (Phi) is 13.0. The fourth-order valence-electron chi connectivity index (χ4n) is 3.64. The van der Waals surface area contributed by atoms with Crippen molar-refractivity contribution in [1.82, 2.24) is 0 Å². The molecule has 1 N–H and O–H groups in total. The van der Waals surface area contributed by atoms with E-state index >= 15 is 0 Å². The molecule has 0 saturated carbocycles. The van der Waals surface area contributed by atoms with Crippen LogP contribution in [0.25, 0.3) is 0 Å². The van der Waals surface area contributed by atoms with E-state index in [2.05, 4.69) is 24.4 Å². The lowest BCUT2D eigenvalue weighted by Crippen LogP contribution is -2.61. The minimum absolute atomic E-state index is 0.0218. The first kappa shape index (κ1) is 26.3. The van der Waals surface area contributed by atoms with Crippen LogP contribution < -0.4 is 5.32 Å². The van der Waals surface area contributed by atoms with Crippen LogP contribution in [0.15, 0.2) is 30.3 Å². The summed E-state index contributed by atoms with van der Waals surface area (Å²) >= 11 is 0. The highest BCUT2D eigenvalue weighted by Crippen LogP contribution is 2.39. The van der Waals surface area contributed by atoms with Crippen molar-refractivity contribution in [2.45, 2.75) is 59.2 Å². The first-order valence-electron chi connectivity index (χ1n) is 11.0. The molecular weight excluding hydrogens is 402 g/mol. The van der Waals surface area contributed by atoms with Gasteiger partial charge >= 0.3 is 17.4 Å². The molecule has 29 heavy (non-hydrogen) atoms. The van der Waals surface area contributed by atoms with Crippen LogP contribution in [-0.4, -0.2) is 56.9 Å². The molecule has 0 heterocycles. The normalized spacial score (nSPS) is 13.4. The van der Waals surface area contributed by atoms with Crippen molar-refractivity contribution in [3.63, 3.8) is 0 Å². The maximum atomic E-state index is 6.41. The quantitative estimate of drug-likeness (QED) is 0.271. The summed E-state index contributed by atoms with van der Waals surface area (Å²) in [5.41, 5.74) is 1.13. The van der Waals surface area contributed by atoms with Crippen LogP contribution >= 0.6 is 0 Å².